The van der Waals surface area contributed by atoms with Gasteiger partial charge in [0.25, 0.3) is 0 Å². The number of phenols is 1. The second-order valence-corrected chi connectivity index (χ2v) is 31.4. The number of carboxylic acid groups (broad SMARTS) is 3. The zero-order chi connectivity index (χ0) is 94.6. The maximum absolute atomic E-state index is 14.7. The number of para-hydroxylation sites is 1. The lowest BCUT2D eigenvalue weighted by molar-refractivity contribution is -0.141. The van der Waals surface area contributed by atoms with Gasteiger partial charge in [0.05, 0.1) is 43.6 Å². The number of aromatic nitrogens is 3. The molecule has 5 aromatic rings. The highest BCUT2D eigenvalue weighted by molar-refractivity contribution is 7.80. The summed E-state index contributed by atoms with van der Waals surface area (Å²) in [7, 11) is 0. The number of nitrogens with zero attached hydrogens (tertiary/aromatic N) is 1. The number of nitrogens with one attached hydrogen (secondary N) is 18. The Bertz CT molecular complexity index is 4630. The van der Waals surface area contributed by atoms with Crippen LogP contribution in [0.25, 0.3) is 10.9 Å². The molecule has 45 nitrogen and oxygen atoms in total. The molecule has 0 aliphatic carbocycles. The van der Waals surface area contributed by atoms with Gasteiger partial charge in [-0.1, -0.05) is 88.4 Å². The number of carbonyl (C=O) groups is 17. The highest BCUT2D eigenvalue weighted by atomic mass is 32.1. The van der Waals surface area contributed by atoms with E-state index >= 15 is 0 Å². The molecular weight excluding hydrogens is 1680 g/mol. The summed E-state index contributed by atoms with van der Waals surface area (Å²) in [4.78, 5) is 243. The van der Waals surface area contributed by atoms with Crippen LogP contribution in [0.1, 0.15) is 116 Å². The number of aliphatic hydroxyl groups excluding tert-OH is 3. The molecule has 0 saturated heterocycles. The van der Waals surface area contributed by atoms with Crippen molar-refractivity contribution < 1.29 is 117 Å². The fraction of sp³-hybridized carbons (Fsp3) is 0.494. The number of aromatic amines is 2. The minimum atomic E-state index is -2.00. The maximum Gasteiger partial charge on any atom is 0.327 e. The van der Waals surface area contributed by atoms with E-state index in [0.717, 1.165) is 20.8 Å². The summed E-state index contributed by atoms with van der Waals surface area (Å²) < 4.78 is 0. The summed E-state index contributed by atoms with van der Waals surface area (Å²) >= 11 is 4.04. The van der Waals surface area contributed by atoms with Crippen LogP contribution in [0.4, 0.5) is 0 Å². The molecule has 2 heterocycles. The summed E-state index contributed by atoms with van der Waals surface area (Å²) in [5, 5.41) is 117. The number of guanidine groups is 1. The average molecular weight is 1800 g/mol. The van der Waals surface area contributed by atoms with Gasteiger partial charge >= 0.3 is 17.9 Å². The van der Waals surface area contributed by atoms with Crippen LogP contribution in [0.5, 0.6) is 5.75 Å². The van der Waals surface area contributed by atoms with E-state index < -0.39 is 254 Å². The number of thiol groups is 1. The number of hydrogen-bond acceptors (Lipinski definition) is 25. The van der Waals surface area contributed by atoms with E-state index in [1.807, 2.05) is 0 Å². The van der Waals surface area contributed by atoms with E-state index in [1.165, 1.54) is 57.6 Å². The van der Waals surface area contributed by atoms with Crippen LogP contribution in [0.2, 0.25) is 0 Å². The van der Waals surface area contributed by atoms with Crippen LogP contribution >= 0.6 is 12.6 Å². The van der Waals surface area contributed by atoms with Crippen LogP contribution in [-0.4, -0.2) is 279 Å². The van der Waals surface area contributed by atoms with Crippen molar-refractivity contribution >= 4 is 130 Å². The van der Waals surface area contributed by atoms with E-state index in [9.17, 15) is 117 Å². The predicted molar refractivity (Wildman–Crippen MR) is 457 cm³/mol. The third-order valence-corrected chi connectivity index (χ3v) is 20.0. The van der Waals surface area contributed by atoms with Gasteiger partial charge in [-0.3, -0.25) is 82.1 Å². The van der Waals surface area contributed by atoms with Crippen molar-refractivity contribution in [3.8, 4) is 5.75 Å². The van der Waals surface area contributed by atoms with Crippen molar-refractivity contribution in [2.45, 2.75) is 222 Å². The molecule has 127 heavy (non-hydrogen) atoms. The number of carboxylic acids is 3. The Morgan fingerprint density at radius 1 is 0.465 bits per heavy atom. The number of hydrogen-bond donors (Lipinski definition) is 28. The third kappa shape index (κ3) is 35.0. The number of phenolic OH excluding ortho intramolecular Hbond substituents is 1. The summed E-state index contributed by atoms with van der Waals surface area (Å²) in [5.74, 6) is -21.8. The van der Waals surface area contributed by atoms with Gasteiger partial charge in [0.15, 0.2) is 5.96 Å². The summed E-state index contributed by atoms with van der Waals surface area (Å²) in [6.07, 6.45) is -4.90. The number of H-pyrrole nitrogens is 2. The Kier molecular flexibility index (Phi) is 42.0. The van der Waals surface area contributed by atoms with Gasteiger partial charge in [-0.2, -0.15) is 12.6 Å². The summed E-state index contributed by atoms with van der Waals surface area (Å²) in [6, 6.07) is -2.96. The summed E-state index contributed by atoms with van der Waals surface area (Å²) in [6.45, 7) is 9.88. The minimum absolute atomic E-state index is 0.00570. The first kappa shape index (κ1) is 104. The molecule has 0 bridgehead atoms. The lowest BCUT2D eigenvalue weighted by Crippen LogP contribution is -2.62. The number of imidazole rings is 1. The zero-order valence-corrected chi connectivity index (χ0v) is 71.9. The van der Waals surface area contributed by atoms with E-state index in [0.29, 0.717) is 27.7 Å². The first-order valence-corrected chi connectivity index (χ1v) is 41.2. The number of rotatable bonds is 53. The highest BCUT2D eigenvalue weighted by Gasteiger charge is 2.40. The monoisotopic (exact) mass is 1800 g/mol. The molecule has 0 radical (unpaired) electrons. The minimum Gasteiger partial charge on any atom is -0.508 e. The number of fused-ring (bicyclic) bond motifs is 1. The lowest BCUT2D eigenvalue weighted by atomic mass is 9.99. The van der Waals surface area contributed by atoms with Crippen LogP contribution in [-0.2, 0) is 107 Å². The number of amides is 14. The molecule has 2 aromatic heterocycles. The number of nitrogens with two attached hydrogens (primary N) is 2. The van der Waals surface area contributed by atoms with E-state index in [4.69, 9.17) is 16.9 Å². The number of aliphatic hydroxyl groups is 3. The van der Waals surface area contributed by atoms with Gasteiger partial charge in [-0.25, -0.2) is 9.78 Å². The normalized spacial score (nSPS) is 15.2. The average Bonchev–Trinajstić information content (AvgIpc) is 1.69. The molecular formula is C81H115N21O24S. The van der Waals surface area contributed by atoms with Crippen molar-refractivity contribution in [2.24, 2.45) is 23.3 Å². The molecule has 694 valence electrons. The van der Waals surface area contributed by atoms with Crippen LogP contribution in [0.15, 0.2) is 97.6 Å². The Balaban J connectivity index is 1.32. The van der Waals surface area contributed by atoms with Gasteiger partial charge < -0.3 is 137 Å². The lowest BCUT2D eigenvalue weighted by Gasteiger charge is -2.29. The van der Waals surface area contributed by atoms with Gasteiger partial charge in [-0.05, 0) is 100 Å². The van der Waals surface area contributed by atoms with Crippen molar-refractivity contribution in [1.29, 1.82) is 5.41 Å². The van der Waals surface area contributed by atoms with Crippen molar-refractivity contribution in [3.63, 3.8) is 0 Å². The SMILES string of the molecule is CC(C)C[C@H](NC(=O)[C@H](Cc1ccccc1)NC(=O)CNC(=O)[C@@H](NC(=O)[C@H](Cc1cnc[nH]1)NC(=O)[C@@H](N)CC(=O)O)[C@@H](C)O)C(=O)N[C@H](C(=O)N[C@@H](CCC(=O)O)C(=O)N[C@@H](Cc1ccc(O)cc1)C(=O)N[C@H](C(=O)N[C@@H](C)C(=O)N[C@H](C(=O)N[C@@H](CCCNC(=N)N)C(=O)N[C@@H](Cc1c[nH]c2ccccc12)C(=O)N[C@@H](CS)C(=O)O)[C@@H](C)O)C(C)C)[C@@H](C)O. The van der Waals surface area contributed by atoms with E-state index in [-0.39, 0.29) is 62.1 Å². The molecule has 3 aromatic carbocycles. The van der Waals surface area contributed by atoms with Crippen molar-refractivity contribution in [2.75, 3.05) is 18.8 Å². The summed E-state index contributed by atoms with van der Waals surface area (Å²) in [5.41, 5.74) is 13.4. The van der Waals surface area contributed by atoms with Gasteiger partial charge in [-0.15, -0.1) is 0 Å². The second kappa shape index (κ2) is 51.2. The Morgan fingerprint density at radius 3 is 1.44 bits per heavy atom. The number of carbonyl (C=O) groups excluding carboxylic acids is 14. The number of aromatic hydroxyl groups is 1. The van der Waals surface area contributed by atoms with Gasteiger partial charge in [0.2, 0.25) is 82.7 Å². The fourth-order valence-electron chi connectivity index (χ4n) is 12.8. The van der Waals surface area contributed by atoms with Crippen molar-refractivity contribution in [1.82, 2.24) is 94.7 Å². The molecule has 0 unspecified atom stereocenters. The zero-order valence-electron chi connectivity index (χ0n) is 71.0. The Labute approximate surface area is 734 Å². The molecule has 46 heteroatoms. The molecule has 0 saturated carbocycles. The molecule has 0 spiro atoms. The third-order valence-electron chi connectivity index (χ3n) is 19.7. The van der Waals surface area contributed by atoms with Gasteiger partial charge in [0, 0.05) is 73.4 Å². The molecule has 0 fully saturated rings. The van der Waals surface area contributed by atoms with Gasteiger partial charge in [0.1, 0.15) is 84.3 Å². The molecule has 17 atom stereocenters. The van der Waals surface area contributed by atoms with E-state index in [1.54, 1.807) is 74.6 Å². The molecule has 29 N–H and O–H groups in total. The highest BCUT2D eigenvalue weighted by Crippen LogP contribution is 2.21. The van der Waals surface area contributed by atoms with Crippen LogP contribution in [0.3, 0.4) is 0 Å². The first-order valence-electron chi connectivity index (χ1n) is 40.6. The maximum atomic E-state index is 14.7. The standard InChI is InChI=1S/C81H115N21O24S/c1-38(2)27-54(95-71(116)55(28-44-15-10-9-11-16-44)91-60(107)35-88-76(121)64(41(6)103)101-75(120)58(31-47-34-85-37-89-47)94-68(113)50(82)32-62(110)111)73(118)102-66(43(8)105)79(124)93-53(24-25-61(108)109)70(115)96-56(29-45-20-22-48(106)23-21-45)74(119)99-63(39(3)4)77(122)90-40(5)67(112)100-65(42(7)104)78(123)92-52(19-14-26-86-81(83)84)69(114)97-57(72(117)98-59(36-127)80(125)126)30-46-33-87-51-18-13-12-17-49(46)51/h9-13,15-18,20-23,33-34,37-43,50,52-59,63-66,87,103-106,127H,14,19,24-32,35-36,82H2,1-8H3,(H,85,89)(H,88,121)(H,90,122)(H,91,107)(H,92,123)(H,93,124)(H,94,113)(H,95,116)(H,96,115)(H,97,114)(H,98,117)(H,99,119)(H,100,112)(H,101,120)(H,102,118)(H,108,109)(H,110,111)(H,125,126)(H4,83,84,86)/t40-,41+,42+,43+,50-,52-,53-,54-,55-,56-,57-,58-,59-,63-,64-,65-,66-/m0/s1. The second-order valence-electron chi connectivity index (χ2n) is 31.1. The van der Waals surface area contributed by atoms with Crippen LogP contribution in [0, 0.1) is 17.2 Å². The van der Waals surface area contributed by atoms with E-state index in [2.05, 4.69) is 107 Å². The molecule has 0 aliphatic rings. The quantitative estimate of drug-likeness (QED) is 0.00746. The van der Waals surface area contributed by atoms with Crippen LogP contribution < -0.4 is 91.2 Å². The Hall–Kier alpha value is -13.3. The largest absolute Gasteiger partial charge is 0.508 e. The molecule has 5 rings (SSSR count). The fourth-order valence-corrected chi connectivity index (χ4v) is 13.0. The molecule has 14 amide bonds. The molecule has 0 aliphatic heterocycles. The first-order chi connectivity index (χ1) is 59.9. The number of benzene rings is 3. The van der Waals surface area contributed by atoms with Crippen molar-refractivity contribution in [3.05, 3.63) is 120 Å². The number of aliphatic carboxylic acids is 3. The Morgan fingerprint density at radius 2 is 0.921 bits per heavy atom. The smallest absolute Gasteiger partial charge is 0.327 e. The topological polar surface area (TPSA) is 733 Å². The predicted octanol–water partition coefficient (Wildman–Crippen LogP) is -5.91.